The molecule has 2 N–H and O–H groups in total. The van der Waals surface area contributed by atoms with Gasteiger partial charge in [0, 0.05) is 11.4 Å². The highest BCUT2D eigenvalue weighted by Crippen LogP contribution is 2.18. The molecule has 7 heteroatoms. The SMILES string of the molecule is CCOC(=O)c1ccc(Nc2cnnc(Nc3ccc(C)cc3)n2)cc1. The van der Waals surface area contributed by atoms with E-state index in [4.69, 9.17) is 4.74 Å². The number of esters is 1. The molecule has 0 aliphatic heterocycles. The minimum absolute atomic E-state index is 0.340. The van der Waals surface area contributed by atoms with E-state index in [1.165, 1.54) is 11.8 Å². The van der Waals surface area contributed by atoms with Crippen molar-refractivity contribution in [3.63, 3.8) is 0 Å². The molecule has 0 atom stereocenters. The van der Waals surface area contributed by atoms with Crippen LogP contribution in [0.15, 0.2) is 54.7 Å². The summed E-state index contributed by atoms with van der Waals surface area (Å²) in [5.74, 6) is 0.591. The van der Waals surface area contributed by atoms with Gasteiger partial charge in [-0.05, 0) is 50.2 Å². The molecular formula is C19H19N5O2. The summed E-state index contributed by atoms with van der Waals surface area (Å²) in [6, 6.07) is 14.9. The maximum absolute atomic E-state index is 11.7. The minimum Gasteiger partial charge on any atom is -0.462 e. The van der Waals surface area contributed by atoms with E-state index in [1.54, 1.807) is 31.2 Å². The number of rotatable bonds is 6. The van der Waals surface area contributed by atoms with Gasteiger partial charge in [0.15, 0.2) is 5.82 Å². The number of ether oxygens (including phenoxy) is 1. The lowest BCUT2D eigenvalue weighted by atomic mass is 10.2. The van der Waals surface area contributed by atoms with E-state index >= 15 is 0 Å². The van der Waals surface area contributed by atoms with Crippen LogP contribution in [-0.2, 0) is 4.74 Å². The molecular weight excluding hydrogens is 330 g/mol. The van der Waals surface area contributed by atoms with E-state index < -0.39 is 0 Å². The molecule has 3 rings (SSSR count). The van der Waals surface area contributed by atoms with Gasteiger partial charge in [-0.3, -0.25) is 0 Å². The quantitative estimate of drug-likeness (QED) is 0.653. The Bertz CT molecular complexity index is 879. The fourth-order valence-electron chi connectivity index (χ4n) is 2.23. The van der Waals surface area contributed by atoms with Crippen LogP contribution in [0.2, 0.25) is 0 Å². The van der Waals surface area contributed by atoms with Crippen LogP contribution in [0, 0.1) is 6.92 Å². The normalized spacial score (nSPS) is 10.2. The highest BCUT2D eigenvalue weighted by atomic mass is 16.5. The Morgan fingerprint density at radius 1 is 1.00 bits per heavy atom. The number of hydrogen-bond donors (Lipinski definition) is 2. The molecule has 1 heterocycles. The topological polar surface area (TPSA) is 89.0 Å². The van der Waals surface area contributed by atoms with Crippen LogP contribution in [-0.4, -0.2) is 27.8 Å². The molecule has 0 aliphatic rings. The molecule has 7 nitrogen and oxygen atoms in total. The van der Waals surface area contributed by atoms with Crippen molar-refractivity contribution in [2.24, 2.45) is 0 Å². The van der Waals surface area contributed by atoms with Crippen LogP contribution in [0.3, 0.4) is 0 Å². The third-order valence-corrected chi connectivity index (χ3v) is 3.53. The van der Waals surface area contributed by atoms with Crippen LogP contribution < -0.4 is 10.6 Å². The molecule has 0 spiro atoms. The van der Waals surface area contributed by atoms with Crippen LogP contribution in [0.4, 0.5) is 23.1 Å². The summed E-state index contributed by atoms with van der Waals surface area (Å²) in [4.78, 5) is 16.1. The molecule has 0 fully saturated rings. The molecule has 0 bridgehead atoms. The molecule has 0 saturated heterocycles. The fraction of sp³-hybridized carbons (Fsp3) is 0.158. The minimum atomic E-state index is -0.340. The first-order valence-corrected chi connectivity index (χ1v) is 8.21. The van der Waals surface area contributed by atoms with Gasteiger partial charge < -0.3 is 15.4 Å². The molecule has 2 aromatic carbocycles. The first-order chi connectivity index (χ1) is 12.6. The highest BCUT2D eigenvalue weighted by Gasteiger charge is 2.06. The van der Waals surface area contributed by atoms with Crippen LogP contribution in [0.5, 0.6) is 0 Å². The van der Waals surface area contributed by atoms with Gasteiger partial charge in [0.25, 0.3) is 0 Å². The van der Waals surface area contributed by atoms with Crippen molar-refractivity contribution in [3.05, 3.63) is 65.9 Å². The lowest BCUT2D eigenvalue weighted by molar-refractivity contribution is 0.0526. The van der Waals surface area contributed by atoms with Gasteiger partial charge in [-0.25, -0.2) is 4.79 Å². The Labute approximate surface area is 151 Å². The summed E-state index contributed by atoms with van der Waals surface area (Å²) >= 11 is 0. The number of nitrogens with zero attached hydrogens (tertiary/aromatic N) is 3. The van der Waals surface area contributed by atoms with Gasteiger partial charge in [0.05, 0.1) is 18.4 Å². The predicted octanol–water partition coefficient (Wildman–Crippen LogP) is 3.84. The lowest BCUT2D eigenvalue weighted by Crippen LogP contribution is -2.05. The molecule has 0 aliphatic carbocycles. The van der Waals surface area contributed by atoms with Crippen LogP contribution in [0.1, 0.15) is 22.8 Å². The largest absolute Gasteiger partial charge is 0.462 e. The summed E-state index contributed by atoms with van der Waals surface area (Å²) < 4.78 is 4.97. The molecule has 0 radical (unpaired) electrons. The van der Waals surface area contributed by atoms with Crippen molar-refractivity contribution in [1.82, 2.24) is 15.2 Å². The monoisotopic (exact) mass is 349 g/mol. The molecule has 0 saturated carbocycles. The van der Waals surface area contributed by atoms with Crippen molar-refractivity contribution in [2.45, 2.75) is 13.8 Å². The second-order valence-corrected chi connectivity index (χ2v) is 5.58. The number of aromatic nitrogens is 3. The number of nitrogens with one attached hydrogen (secondary N) is 2. The second-order valence-electron chi connectivity index (χ2n) is 5.58. The zero-order valence-electron chi connectivity index (χ0n) is 14.6. The third kappa shape index (κ3) is 4.54. The molecule has 0 amide bonds. The number of aryl methyl sites for hydroxylation is 1. The Kier molecular flexibility index (Phi) is 5.38. The van der Waals surface area contributed by atoms with E-state index in [0.29, 0.717) is 23.9 Å². The predicted molar refractivity (Wildman–Crippen MR) is 100.0 cm³/mol. The first kappa shape index (κ1) is 17.3. The summed E-state index contributed by atoms with van der Waals surface area (Å²) in [5.41, 5.74) is 3.34. The number of anilines is 4. The Morgan fingerprint density at radius 3 is 2.35 bits per heavy atom. The fourth-order valence-corrected chi connectivity index (χ4v) is 2.23. The van der Waals surface area contributed by atoms with Gasteiger partial charge in [-0.15, -0.1) is 5.10 Å². The van der Waals surface area contributed by atoms with E-state index in [2.05, 4.69) is 25.8 Å². The Hall–Kier alpha value is -3.48. The van der Waals surface area contributed by atoms with Gasteiger partial charge in [0.1, 0.15) is 0 Å². The van der Waals surface area contributed by atoms with Crippen molar-refractivity contribution in [1.29, 1.82) is 0 Å². The van der Waals surface area contributed by atoms with Crippen molar-refractivity contribution >= 4 is 29.1 Å². The van der Waals surface area contributed by atoms with Gasteiger partial charge in [-0.1, -0.05) is 17.7 Å². The lowest BCUT2D eigenvalue weighted by Gasteiger charge is -2.08. The van der Waals surface area contributed by atoms with Gasteiger partial charge >= 0.3 is 5.97 Å². The molecule has 1 aromatic heterocycles. The summed E-state index contributed by atoms with van der Waals surface area (Å²) in [6.07, 6.45) is 1.53. The average Bonchev–Trinajstić information content (AvgIpc) is 2.65. The van der Waals surface area contributed by atoms with Crippen molar-refractivity contribution < 1.29 is 9.53 Å². The molecule has 26 heavy (non-hydrogen) atoms. The third-order valence-electron chi connectivity index (χ3n) is 3.53. The second kappa shape index (κ2) is 8.06. The maximum atomic E-state index is 11.7. The Morgan fingerprint density at radius 2 is 1.65 bits per heavy atom. The summed E-state index contributed by atoms with van der Waals surface area (Å²) in [5, 5.41) is 14.2. The van der Waals surface area contributed by atoms with Crippen LogP contribution >= 0.6 is 0 Å². The van der Waals surface area contributed by atoms with Crippen molar-refractivity contribution in [3.8, 4) is 0 Å². The maximum Gasteiger partial charge on any atom is 0.338 e. The zero-order valence-corrected chi connectivity index (χ0v) is 14.6. The smallest absolute Gasteiger partial charge is 0.338 e. The van der Waals surface area contributed by atoms with Crippen LogP contribution in [0.25, 0.3) is 0 Å². The Balaban J connectivity index is 1.68. The highest BCUT2D eigenvalue weighted by molar-refractivity contribution is 5.89. The van der Waals surface area contributed by atoms with E-state index in [-0.39, 0.29) is 5.97 Å². The molecule has 0 unspecified atom stereocenters. The summed E-state index contributed by atoms with van der Waals surface area (Å²) in [6.45, 7) is 4.15. The standard InChI is InChI=1S/C19H19N5O2/c1-3-26-18(25)14-6-10-15(11-7-14)21-17-12-20-24-19(23-17)22-16-8-4-13(2)5-9-16/h4-12H,3H2,1-2H3,(H2,21,22,23,24). The number of benzene rings is 2. The molecule has 3 aromatic rings. The summed E-state index contributed by atoms with van der Waals surface area (Å²) in [7, 11) is 0. The number of carbonyl (C=O) groups excluding carboxylic acids is 1. The van der Waals surface area contributed by atoms with E-state index in [0.717, 1.165) is 11.4 Å². The number of hydrogen-bond acceptors (Lipinski definition) is 7. The van der Waals surface area contributed by atoms with Gasteiger partial charge in [-0.2, -0.15) is 10.1 Å². The average molecular weight is 349 g/mol. The van der Waals surface area contributed by atoms with E-state index in [9.17, 15) is 4.79 Å². The first-order valence-electron chi connectivity index (χ1n) is 8.21. The van der Waals surface area contributed by atoms with E-state index in [1.807, 2.05) is 31.2 Å². The van der Waals surface area contributed by atoms with Crippen molar-refractivity contribution in [2.75, 3.05) is 17.2 Å². The number of carbonyl (C=O) groups is 1. The zero-order chi connectivity index (χ0) is 18.4. The van der Waals surface area contributed by atoms with Gasteiger partial charge in [0.2, 0.25) is 5.95 Å². The molecule has 132 valence electrons.